The lowest BCUT2D eigenvalue weighted by molar-refractivity contribution is -0.116. The lowest BCUT2D eigenvalue weighted by atomic mass is 9.98. The maximum Gasteiger partial charge on any atom is 0.243 e. The van der Waals surface area contributed by atoms with Crippen molar-refractivity contribution in [2.24, 2.45) is 0 Å². The molecule has 0 unspecified atom stereocenters. The fourth-order valence-corrected chi connectivity index (χ4v) is 5.28. The molecule has 6 nitrogen and oxygen atoms in total. The number of nitriles is 1. The van der Waals surface area contributed by atoms with E-state index in [1.807, 2.05) is 43.3 Å². The quantitative estimate of drug-likeness (QED) is 0.476. The number of rotatable bonds is 8. The van der Waals surface area contributed by atoms with E-state index in [9.17, 15) is 18.5 Å². The zero-order valence-corrected chi connectivity index (χ0v) is 20.2. The van der Waals surface area contributed by atoms with Crippen molar-refractivity contribution in [3.05, 3.63) is 94.5 Å². The maximum absolute atomic E-state index is 13.4. The maximum atomic E-state index is 13.4. The van der Waals surface area contributed by atoms with Gasteiger partial charge in [-0.15, -0.1) is 0 Å². The fourth-order valence-electron chi connectivity index (χ4n) is 3.78. The topological polar surface area (TPSA) is 90.3 Å². The van der Waals surface area contributed by atoms with E-state index in [0.717, 1.165) is 33.8 Å². The molecule has 0 radical (unpaired) electrons. The number of amides is 1. The van der Waals surface area contributed by atoms with Gasteiger partial charge in [-0.05, 0) is 72.9 Å². The van der Waals surface area contributed by atoms with Crippen LogP contribution in [0.3, 0.4) is 0 Å². The van der Waals surface area contributed by atoms with Gasteiger partial charge in [0.05, 0.1) is 22.9 Å². The highest BCUT2D eigenvalue weighted by Gasteiger charge is 2.44. The number of hydrogen-bond acceptors (Lipinski definition) is 4. The number of hydrogen-bond donors (Lipinski definition) is 1. The molecule has 1 aliphatic rings. The van der Waals surface area contributed by atoms with E-state index >= 15 is 0 Å². The summed E-state index contributed by atoms with van der Waals surface area (Å²) in [6.07, 6.45) is 1.68. The van der Waals surface area contributed by atoms with Crippen LogP contribution in [0.15, 0.2) is 77.7 Å². The third-order valence-corrected chi connectivity index (χ3v) is 8.12. The molecule has 0 atom stereocenters. The van der Waals surface area contributed by atoms with Gasteiger partial charge in [0.2, 0.25) is 15.9 Å². The van der Waals surface area contributed by atoms with E-state index in [1.165, 1.54) is 24.3 Å². The average Bonchev–Trinajstić information content (AvgIpc) is 3.62. The van der Waals surface area contributed by atoms with Crippen LogP contribution in [0, 0.1) is 18.3 Å². The van der Waals surface area contributed by atoms with Crippen molar-refractivity contribution in [1.82, 2.24) is 4.31 Å². The third-order valence-electron chi connectivity index (χ3n) is 6.06. The summed E-state index contributed by atoms with van der Waals surface area (Å²) in [5.41, 5.74) is 2.81. The summed E-state index contributed by atoms with van der Waals surface area (Å²) in [6, 6.07) is 22.8. The molecule has 0 heterocycles. The van der Waals surface area contributed by atoms with Crippen LogP contribution in [-0.4, -0.2) is 25.2 Å². The largest absolute Gasteiger partial charge is 0.325 e. The van der Waals surface area contributed by atoms with Gasteiger partial charge in [0.1, 0.15) is 0 Å². The molecule has 0 spiro atoms. The molecule has 1 N–H and O–H groups in total. The van der Waals surface area contributed by atoms with Crippen LogP contribution in [0.2, 0.25) is 5.02 Å². The molecule has 34 heavy (non-hydrogen) atoms. The third kappa shape index (κ3) is 5.15. The van der Waals surface area contributed by atoms with Crippen LogP contribution in [0.1, 0.15) is 29.5 Å². The summed E-state index contributed by atoms with van der Waals surface area (Å²) >= 11 is 5.93. The molecule has 0 aromatic heterocycles. The highest BCUT2D eigenvalue weighted by molar-refractivity contribution is 7.89. The molecule has 3 aromatic carbocycles. The second-order valence-electron chi connectivity index (χ2n) is 8.47. The summed E-state index contributed by atoms with van der Waals surface area (Å²) in [5.74, 6) is -0.458. The predicted octanol–water partition coefficient (Wildman–Crippen LogP) is 5.03. The van der Waals surface area contributed by atoms with Crippen molar-refractivity contribution in [3.63, 3.8) is 0 Å². The van der Waals surface area contributed by atoms with Gasteiger partial charge in [-0.2, -0.15) is 9.57 Å². The van der Waals surface area contributed by atoms with Crippen LogP contribution in [0.5, 0.6) is 0 Å². The minimum absolute atomic E-state index is 0.0503. The minimum Gasteiger partial charge on any atom is -0.325 e. The number of sulfonamides is 1. The molecule has 4 rings (SSSR count). The van der Waals surface area contributed by atoms with Gasteiger partial charge in [-0.25, -0.2) is 8.42 Å². The lowest BCUT2D eigenvalue weighted by Gasteiger charge is -2.23. The molecule has 0 bridgehead atoms. The Bertz CT molecular complexity index is 1340. The van der Waals surface area contributed by atoms with Gasteiger partial charge in [0.15, 0.2) is 0 Å². The Balaban J connectivity index is 1.55. The van der Waals surface area contributed by atoms with E-state index in [4.69, 9.17) is 11.6 Å². The predicted molar refractivity (Wildman–Crippen MR) is 132 cm³/mol. The van der Waals surface area contributed by atoms with Crippen molar-refractivity contribution >= 4 is 33.2 Å². The number of anilines is 1. The average molecular weight is 494 g/mol. The Morgan fingerprint density at radius 3 is 2.29 bits per heavy atom. The Morgan fingerprint density at radius 1 is 1.06 bits per heavy atom. The molecule has 174 valence electrons. The van der Waals surface area contributed by atoms with Gasteiger partial charge >= 0.3 is 0 Å². The van der Waals surface area contributed by atoms with Crippen LogP contribution in [0.25, 0.3) is 0 Å². The van der Waals surface area contributed by atoms with Gasteiger partial charge in [-0.1, -0.05) is 48.0 Å². The standard InChI is InChI=1S/C26H24ClN3O3S/c1-19-4-2-3-5-20(19)16-30(34(32,33)24-12-8-22(27)9-13-24)17-25(31)29-23-10-6-21(7-11-23)26(18-28)14-15-26/h2-13H,14-17H2,1H3,(H,29,31). The first-order valence-electron chi connectivity index (χ1n) is 10.9. The van der Waals surface area contributed by atoms with Gasteiger partial charge in [0, 0.05) is 17.3 Å². The van der Waals surface area contributed by atoms with Gasteiger partial charge in [-0.3, -0.25) is 4.79 Å². The second-order valence-corrected chi connectivity index (χ2v) is 10.8. The molecule has 0 aliphatic heterocycles. The van der Waals surface area contributed by atoms with Gasteiger partial charge in [0.25, 0.3) is 0 Å². The molecule has 3 aromatic rings. The van der Waals surface area contributed by atoms with Gasteiger partial charge < -0.3 is 5.32 Å². The molecule has 1 aliphatic carbocycles. The van der Waals surface area contributed by atoms with Crippen LogP contribution < -0.4 is 5.32 Å². The molecular weight excluding hydrogens is 470 g/mol. The Hall–Kier alpha value is -3.18. The van der Waals surface area contributed by atoms with E-state index < -0.39 is 21.3 Å². The summed E-state index contributed by atoms with van der Waals surface area (Å²) in [6.45, 7) is 1.59. The highest BCUT2D eigenvalue weighted by atomic mass is 35.5. The second kappa shape index (κ2) is 9.59. The Kier molecular flexibility index (Phi) is 6.76. The number of nitrogens with zero attached hydrogens (tertiary/aromatic N) is 2. The molecule has 8 heteroatoms. The van der Waals surface area contributed by atoms with E-state index in [0.29, 0.717) is 10.7 Å². The number of carbonyl (C=O) groups is 1. The van der Waals surface area contributed by atoms with Crippen LogP contribution in [0.4, 0.5) is 5.69 Å². The Labute approximate surface area is 204 Å². The van der Waals surface area contributed by atoms with E-state index in [2.05, 4.69) is 11.4 Å². The first kappa shape index (κ1) is 24.0. The zero-order valence-electron chi connectivity index (χ0n) is 18.7. The van der Waals surface area contributed by atoms with Crippen molar-refractivity contribution in [2.75, 3.05) is 11.9 Å². The number of benzene rings is 3. The molecular formula is C26H24ClN3O3S. The smallest absolute Gasteiger partial charge is 0.243 e. The summed E-state index contributed by atoms with van der Waals surface area (Å²) in [4.78, 5) is 13.0. The first-order chi connectivity index (χ1) is 16.2. The van der Waals surface area contributed by atoms with E-state index in [1.54, 1.807) is 12.1 Å². The normalized spacial score (nSPS) is 14.4. The lowest BCUT2D eigenvalue weighted by Crippen LogP contribution is -2.37. The first-order valence-corrected chi connectivity index (χ1v) is 12.7. The minimum atomic E-state index is -3.96. The van der Waals surface area contributed by atoms with Crippen molar-refractivity contribution < 1.29 is 13.2 Å². The molecule has 1 amide bonds. The van der Waals surface area contributed by atoms with Crippen molar-refractivity contribution in [2.45, 2.75) is 36.6 Å². The Morgan fingerprint density at radius 2 is 1.71 bits per heavy atom. The number of halogens is 1. The number of carbonyl (C=O) groups excluding carboxylic acids is 1. The molecule has 1 saturated carbocycles. The molecule has 1 fully saturated rings. The monoisotopic (exact) mass is 493 g/mol. The number of nitrogens with one attached hydrogen (secondary N) is 1. The van der Waals surface area contributed by atoms with Crippen LogP contribution in [-0.2, 0) is 26.8 Å². The van der Waals surface area contributed by atoms with Crippen molar-refractivity contribution in [1.29, 1.82) is 5.26 Å². The SMILES string of the molecule is Cc1ccccc1CN(CC(=O)Nc1ccc(C2(C#N)CC2)cc1)S(=O)(=O)c1ccc(Cl)cc1. The van der Waals surface area contributed by atoms with Crippen molar-refractivity contribution in [3.8, 4) is 6.07 Å². The van der Waals surface area contributed by atoms with E-state index in [-0.39, 0.29) is 18.0 Å². The summed E-state index contributed by atoms with van der Waals surface area (Å²) < 4.78 is 28.0. The highest BCUT2D eigenvalue weighted by Crippen LogP contribution is 2.47. The summed E-state index contributed by atoms with van der Waals surface area (Å²) in [7, 11) is -3.96. The summed E-state index contributed by atoms with van der Waals surface area (Å²) in [5, 5.41) is 12.6. The fraction of sp³-hybridized carbons (Fsp3) is 0.231. The zero-order chi connectivity index (χ0) is 24.3. The van der Waals surface area contributed by atoms with Crippen LogP contribution >= 0.6 is 11.6 Å². The number of aryl methyl sites for hydroxylation is 1. The molecule has 0 saturated heterocycles.